The number of aryl methyl sites for hydroxylation is 2. The van der Waals surface area contributed by atoms with E-state index in [1.54, 1.807) is 30.3 Å². The number of unbranched alkanes of at least 4 members (excludes halogenated alkanes) is 1. The van der Waals surface area contributed by atoms with E-state index in [0.29, 0.717) is 29.7 Å². The number of nitrogens with zero attached hydrogens (tertiary/aromatic N) is 2. The first-order chi connectivity index (χ1) is 20.4. The topological polar surface area (TPSA) is 109 Å². The van der Waals surface area contributed by atoms with Gasteiger partial charge in [0.1, 0.15) is 0 Å². The number of primary amides is 1. The maximum Gasteiger partial charge on any atom is 0.291 e. The van der Waals surface area contributed by atoms with Gasteiger partial charge in [-0.25, -0.2) is 0 Å². The quantitative estimate of drug-likeness (QED) is 0.174. The largest absolute Gasteiger partial charge is 0.459 e. The van der Waals surface area contributed by atoms with Crippen LogP contribution in [0.4, 0.5) is 17.1 Å². The van der Waals surface area contributed by atoms with Gasteiger partial charge in [-0.15, -0.1) is 0 Å². The van der Waals surface area contributed by atoms with Crippen molar-refractivity contribution in [2.75, 3.05) is 41.3 Å². The van der Waals surface area contributed by atoms with Crippen LogP contribution >= 0.6 is 0 Å². The molecule has 5 rings (SSSR count). The molecule has 0 radical (unpaired) electrons. The third kappa shape index (κ3) is 6.89. The molecular weight excluding hydrogens is 528 g/mol. The zero-order valence-corrected chi connectivity index (χ0v) is 23.8. The number of furan rings is 1. The first-order valence-electron chi connectivity index (χ1n) is 14.4. The molecule has 42 heavy (non-hydrogen) atoms. The van der Waals surface area contributed by atoms with Gasteiger partial charge in [-0.2, -0.15) is 0 Å². The zero-order valence-electron chi connectivity index (χ0n) is 23.8. The lowest BCUT2D eigenvalue weighted by atomic mass is 10.0. The van der Waals surface area contributed by atoms with Crippen LogP contribution in [0.3, 0.4) is 0 Å². The van der Waals surface area contributed by atoms with Gasteiger partial charge in [0.15, 0.2) is 11.5 Å². The molecular formula is C34H36N4O4. The Morgan fingerprint density at radius 1 is 0.810 bits per heavy atom. The number of para-hydroxylation sites is 1. The van der Waals surface area contributed by atoms with Gasteiger partial charge >= 0.3 is 0 Å². The van der Waals surface area contributed by atoms with Gasteiger partial charge in [0, 0.05) is 49.4 Å². The van der Waals surface area contributed by atoms with Crippen LogP contribution in [0.2, 0.25) is 0 Å². The molecule has 2 heterocycles. The van der Waals surface area contributed by atoms with Crippen molar-refractivity contribution in [3.05, 3.63) is 113 Å². The maximum atomic E-state index is 13.2. The number of hydrogen-bond acceptors (Lipinski definition) is 6. The van der Waals surface area contributed by atoms with E-state index in [-0.39, 0.29) is 17.5 Å². The van der Waals surface area contributed by atoms with Crippen LogP contribution < -0.4 is 20.9 Å². The van der Waals surface area contributed by atoms with E-state index < -0.39 is 5.91 Å². The number of nitrogens with two attached hydrogens (primary N) is 1. The predicted octanol–water partition coefficient (Wildman–Crippen LogP) is 5.86. The molecule has 0 atom stereocenters. The summed E-state index contributed by atoms with van der Waals surface area (Å²) in [6, 6.07) is 24.5. The van der Waals surface area contributed by atoms with E-state index in [4.69, 9.17) is 10.2 Å². The summed E-state index contributed by atoms with van der Waals surface area (Å²) in [5.41, 5.74) is 11.4. The first kappa shape index (κ1) is 28.7. The van der Waals surface area contributed by atoms with Crippen LogP contribution in [0.15, 0.2) is 89.5 Å². The Balaban J connectivity index is 1.26. The van der Waals surface area contributed by atoms with Crippen molar-refractivity contribution in [1.82, 2.24) is 0 Å². The van der Waals surface area contributed by atoms with E-state index in [0.717, 1.165) is 50.3 Å². The van der Waals surface area contributed by atoms with Crippen molar-refractivity contribution < 1.29 is 18.8 Å². The van der Waals surface area contributed by atoms with Crippen LogP contribution in [0.1, 0.15) is 61.7 Å². The minimum absolute atomic E-state index is 0.0188. The lowest BCUT2D eigenvalue weighted by Crippen LogP contribution is -2.47. The number of rotatable bonds is 11. The number of Topliss-reactive ketones (excluding diaryl/α,β-unsaturated/α-hetero) is 1. The smallest absolute Gasteiger partial charge is 0.291 e. The Bertz CT molecular complexity index is 1560. The Morgan fingerprint density at radius 2 is 1.57 bits per heavy atom. The Hall–Kier alpha value is -4.85. The summed E-state index contributed by atoms with van der Waals surface area (Å²) in [6.45, 7) is 5.38. The second-order valence-electron chi connectivity index (χ2n) is 10.6. The average molecular weight is 565 g/mol. The van der Waals surface area contributed by atoms with Crippen molar-refractivity contribution in [1.29, 1.82) is 0 Å². The van der Waals surface area contributed by atoms with Crippen molar-refractivity contribution in [3.63, 3.8) is 0 Å². The molecule has 0 bridgehead atoms. The molecule has 8 nitrogen and oxygen atoms in total. The summed E-state index contributed by atoms with van der Waals surface area (Å²) in [4.78, 5) is 42.2. The molecule has 1 aliphatic heterocycles. The molecule has 4 aromatic rings. The Kier molecular flexibility index (Phi) is 9.02. The highest BCUT2D eigenvalue weighted by Crippen LogP contribution is 2.31. The number of hydrogen-bond donors (Lipinski definition) is 2. The molecule has 8 heteroatoms. The fourth-order valence-corrected chi connectivity index (χ4v) is 5.42. The van der Waals surface area contributed by atoms with Gasteiger partial charge in [0.05, 0.1) is 17.6 Å². The summed E-state index contributed by atoms with van der Waals surface area (Å²) in [6.07, 6.45) is 4.11. The SMILES string of the molecule is Cc1ccccc1N1CCN(c2ccc(C(=O)CCCCc3cccc(C(N)=O)c3)cc2NC(=O)c2ccco2)CC1. The minimum atomic E-state index is -0.446. The normalized spacial score (nSPS) is 13.2. The second-order valence-corrected chi connectivity index (χ2v) is 10.6. The summed E-state index contributed by atoms with van der Waals surface area (Å²) < 4.78 is 5.30. The molecule has 2 amide bonds. The van der Waals surface area contributed by atoms with Crippen molar-refractivity contribution in [2.24, 2.45) is 5.73 Å². The third-order valence-corrected chi connectivity index (χ3v) is 7.72. The van der Waals surface area contributed by atoms with E-state index in [1.165, 1.54) is 17.5 Å². The molecule has 0 spiro atoms. The number of nitrogens with one attached hydrogen (secondary N) is 1. The van der Waals surface area contributed by atoms with Crippen LogP contribution in [-0.2, 0) is 6.42 Å². The molecule has 1 fully saturated rings. The monoisotopic (exact) mass is 564 g/mol. The van der Waals surface area contributed by atoms with Crippen LogP contribution in [-0.4, -0.2) is 43.8 Å². The van der Waals surface area contributed by atoms with Gasteiger partial charge in [-0.1, -0.05) is 30.3 Å². The van der Waals surface area contributed by atoms with E-state index in [2.05, 4.69) is 46.3 Å². The summed E-state index contributed by atoms with van der Waals surface area (Å²) in [5.74, 6) is -0.575. The average Bonchev–Trinajstić information content (AvgIpc) is 3.55. The standard InChI is InChI=1S/C34H36N4O4/c1-24-8-2-4-12-29(24)37-17-19-38(20-18-37)30-16-15-26(23-28(30)36-34(41)32-14-7-21-42-32)31(39)13-5-3-9-25-10-6-11-27(22-25)33(35)40/h2,4,6-8,10-12,14-16,21-23H,3,5,9,13,17-20H2,1H3,(H2,35,40)(H,36,41). The molecule has 0 saturated carbocycles. The highest BCUT2D eigenvalue weighted by molar-refractivity contribution is 6.06. The number of amides is 2. The second kappa shape index (κ2) is 13.2. The molecule has 1 aromatic heterocycles. The third-order valence-electron chi connectivity index (χ3n) is 7.72. The van der Waals surface area contributed by atoms with Crippen molar-refractivity contribution in [3.8, 4) is 0 Å². The summed E-state index contributed by atoms with van der Waals surface area (Å²) in [7, 11) is 0. The predicted molar refractivity (Wildman–Crippen MR) is 166 cm³/mol. The van der Waals surface area contributed by atoms with Gasteiger partial charge in [0.2, 0.25) is 5.91 Å². The highest BCUT2D eigenvalue weighted by Gasteiger charge is 2.23. The molecule has 3 N–H and O–H groups in total. The van der Waals surface area contributed by atoms with Crippen LogP contribution in [0, 0.1) is 6.92 Å². The highest BCUT2D eigenvalue weighted by atomic mass is 16.3. The van der Waals surface area contributed by atoms with E-state index in [1.807, 2.05) is 24.3 Å². The number of anilines is 3. The fraction of sp³-hybridized carbons (Fsp3) is 0.265. The van der Waals surface area contributed by atoms with Gasteiger partial charge in [0.25, 0.3) is 5.91 Å². The molecule has 216 valence electrons. The Labute approximate surface area is 246 Å². The zero-order chi connectivity index (χ0) is 29.5. The lowest BCUT2D eigenvalue weighted by molar-refractivity contribution is 0.0974. The summed E-state index contributed by atoms with van der Waals surface area (Å²) in [5, 5.41) is 2.98. The number of carbonyl (C=O) groups excluding carboxylic acids is 3. The van der Waals surface area contributed by atoms with Gasteiger partial charge in [-0.05, 0) is 85.8 Å². The number of carbonyl (C=O) groups is 3. The molecule has 3 aromatic carbocycles. The van der Waals surface area contributed by atoms with Crippen molar-refractivity contribution in [2.45, 2.75) is 32.6 Å². The van der Waals surface area contributed by atoms with E-state index >= 15 is 0 Å². The van der Waals surface area contributed by atoms with Crippen LogP contribution in [0.25, 0.3) is 0 Å². The summed E-state index contributed by atoms with van der Waals surface area (Å²) >= 11 is 0. The van der Waals surface area contributed by atoms with Crippen LogP contribution in [0.5, 0.6) is 0 Å². The number of ketones is 1. The molecule has 0 aliphatic carbocycles. The minimum Gasteiger partial charge on any atom is -0.459 e. The number of piperazine rings is 1. The lowest BCUT2D eigenvalue weighted by Gasteiger charge is -2.38. The molecule has 0 unspecified atom stereocenters. The van der Waals surface area contributed by atoms with Crippen molar-refractivity contribution >= 4 is 34.7 Å². The van der Waals surface area contributed by atoms with E-state index in [9.17, 15) is 14.4 Å². The van der Waals surface area contributed by atoms with Gasteiger partial charge < -0.3 is 25.3 Å². The van der Waals surface area contributed by atoms with Gasteiger partial charge in [-0.3, -0.25) is 14.4 Å². The number of benzene rings is 3. The fourth-order valence-electron chi connectivity index (χ4n) is 5.42. The maximum absolute atomic E-state index is 13.2. The Morgan fingerprint density at radius 3 is 2.29 bits per heavy atom. The first-order valence-corrected chi connectivity index (χ1v) is 14.4. The molecule has 1 aliphatic rings. The molecule has 1 saturated heterocycles.